The van der Waals surface area contributed by atoms with E-state index in [1.165, 1.54) is 15.6 Å². The van der Waals surface area contributed by atoms with E-state index in [9.17, 15) is 9.59 Å². The van der Waals surface area contributed by atoms with Gasteiger partial charge in [0.2, 0.25) is 0 Å². The molecule has 0 aliphatic carbocycles. The van der Waals surface area contributed by atoms with Gasteiger partial charge in [-0.05, 0) is 6.92 Å². The minimum atomic E-state index is -0.754. The zero-order valence-corrected chi connectivity index (χ0v) is 10.4. The maximum atomic E-state index is 11.5. The molecule has 19 heavy (non-hydrogen) atoms. The molecule has 0 unspecified atom stereocenters. The molecule has 0 saturated heterocycles. The quantitative estimate of drug-likeness (QED) is 0.629. The van der Waals surface area contributed by atoms with E-state index in [-0.39, 0.29) is 16.9 Å². The summed E-state index contributed by atoms with van der Waals surface area (Å²) in [4.78, 5) is 22.6. The highest BCUT2D eigenvalue weighted by molar-refractivity contribution is 5.98. The predicted molar refractivity (Wildman–Crippen MR) is 66.5 cm³/mol. The maximum absolute atomic E-state index is 11.5. The van der Waals surface area contributed by atoms with Crippen LogP contribution in [0.25, 0.3) is 5.82 Å². The summed E-state index contributed by atoms with van der Waals surface area (Å²) >= 11 is 0. The van der Waals surface area contributed by atoms with Gasteiger partial charge in [0.25, 0.3) is 11.8 Å². The highest BCUT2D eigenvalue weighted by atomic mass is 16.1. The lowest BCUT2D eigenvalue weighted by Crippen LogP contribution is -2.17. The third-order valence-electron chi connectivity index (χ3n) is 2.63. The average Bonchev–Trinajstić information content (AvgIpc) is 2.78. The molecule has 9 nitrogen and oxygen atoms in total. The van der Waals surface area contributed by atoms with Crippen LogP contribution < -0.4 is 17.2 Å². The van der Waals surface area contributed by atoms with E-state index in [0.29, 0.717) is 11.5 Å². The molecule has 2 amide bonds. The predicted octanol–water partition coefficient (Wildman–Crippen LogP) is -1.31. The third kappa shape index (κ3) is 1.90. The first-order valence-electron chi connectivity index (χ1n) is 5.31. The number of carbonyl (C=O) groups excluding carboxylic acids is 2. The minimum Gasteiger partial charge on any atom is -0.396 e. The molecule has 0 aliphatic rings. The number of aryl methyl sites for hydroxylation is 2. The lowest BCUT2D eigenvalue weighted by molar-refractivity contribution is 0.0990. The van der Waals surface area contributed by atoms with Crippen molar-refractivity contribution in [1.82, 2.24) is 19.6 Å². The SMILES string of the molecule is Cc1nn(C)c(-n2cc(N)c(C(N)=O)n2)c1C(N)=O. The number of nitrogens with two attached hydrogens (primary N) is 3. The summed E-state index contributed by atoms with van der Waals surface area (Å²) in [6, 6.07) is 0. The molecule has 2 heterocycles. The minimum absolute atomic E-state index is 0.0747. The van der Waals surface area contributed by atoms with Crippen LogP contribution in [0.5, 0.6) is 0 Å². The number of nitrogen functional groups attached to an aromatic ring is 1. The molecule has 0 saturated carbocycles. The number of rotatable bonds is 3. The van der Waals surface area contributed by atoms with Crippen LogP contribution in [0.4, 0.5) is 5.69 Å². The smallest absolute Gasteiger partial charge is 0.271 e. The van der Waals surface area contributed by atoms with E-state index < -0.39 is 11.8 Å². The molecule has 0 aromatic carbocycles. The van der Waals surface area contributed by atoms with Crippen molar-refractivity contribution in [2.24, 2.45) is 18.5 Å². The van der Waals surface area contributed by atoms with Crippen molar-refractivity contribution in [3.05, 3.63) is 23.1 Å². The Hall–Kier alpha value is -2.84. The largest absolute Gasteiger partial charge is 0.396 e. The van der Waals surface area contributed by atoms with Crippen LogP contribution in [0.2, 0.25) is 0 Å². The topological polar surface area (TPSA) is 148 Å². The first-order chi connectivity index (χ1) is 8.82. The van der Waals surface area contributed by atoms with Gasteiger partial charge >= 0.3 is 0 Å². The van der Waals surface area contributed by atoms with Gasteiger partial charge in [0.1, 0.15) is 5.56 Å². The van der Waals surface area contributed by atoms with Gasteiger partial charge in [0, 0.05) is 7.05 Å². The lowest BCUT2D eigenvalue weighted by atomic mass is 10.2. The van der Waals surface area contributed by atoms with Crippen molar-refractivity contribution < 1.29 is 9.59 Å². The molecule has 0 atom stereocenters. The number of carbonyl (C=O) groups is 2. The van der Waals surface area contributed by atoms with Crippen LogP contribution in [0, 0.1) is 6.92 Å². The van der Waals surface area contributed by atoms with Crippen molar-refractivity contribution >= 4 is 17.5 Å². The van der Waals surface area contributed by atoms with Gasteiger partial charge in [-0.2, -0.15) is 10.2 Å². The average molecular weight is 263 g/mol. The Kier molecular flexibility index (Phi) is 2.74. The number of aromatic nitrogens is 4. The van der Waals surface area contributed by atoms with Crippen LogP contribution >= 0.6 is 0 Å². The second-order valence-corrected chi connectivity index (χ2v) is 4.01. The summed E-state index contributed by atoms with van der Waals surface area (Å²) in [6.07, 6.45) is 1.38. The Bertz CT molecular complexity index is 682. The number of hydrogen-bond donors (Lipinski definition) is 3. The fourth-order valence-electron chi connectivity index (χ4n) is 1.88. The Morgan fingerprint density at radius 2 is 1.84 bits per heavy atom. The summed E-state index contributed by atoms with van der Waals surface area (Å²) in [5.41, 5.74) is 16.8. The molecular weight excluding hydrogens is 250 g/mol. The van der Waals surface area contributed by atoms with Crippen LogP contribution in [0.1, 0.15) is 26.5 Å². The Morgan fingerprint density at radius 1 is 1.21 bits per heavy atom. The summed E-state index contributed by atoms with van der Waals surface area (Å²) in [5.74, 6) is -1.07. The standard InChI is InChI=1S/C10H13N7O2/c1-4-6(8(12)18)10(16(2)14-4)17-3-5(11)7(15-17)9(13)19/h3H,11H2,1-2H3,(H2,12,18)(H2,13,19). The van der Waals surface area contributed by atoms with E-state index in [4.69, 9.17) is 17.2 Å². The first kappa shape index (κ1) is 12.6. The second-order valence-electron chi connectivity index (χ2n) is 4.01. The van der Waals surface area contributed by atoms with Crippen molar-refractivity contribution in [2.75, 3.05) is 5.73 Å². The van der Waals surface area contributed by atoms with Crippen LogP contribution in [0.3, 0.4) is 0 Å². The highest BCUT2D eigenvalue weighted by Crippen LogP contribution is 2.19. The number of nitrogens with zero attached hydrogens (tertiary/aromatic N) is 4. The van der Waals surface area contributed by atoms with E-state index in [1.54, 1.807) is 14.0 Å². The number of anilines is 1. The molecule has 0 bridgehead atoms. The molecule has 2 aromatic rings. The molecule has 0 aliphatic heterocycles. The van der Waals surface area contributed by atoms with Gasteiger partial charge in [-0.25, -0.2) is 9.36 Å². The third-order valence-corrected chi connectivity index (χ3v) is 2.63. The van der Waals surface area contributed by atoms with Crippen LogP contribution in [-0.2, 0) is 7.05 Å². The number of primary amides is 2. The van der Waals surface area contributed by atoms with Crippen molar-refractivity contribution in [2.45, 2.75) is 6.92 Å². The van der Waals surface area contributed by atoms with Crippen LogP contribution in [-0.4, -0.2) is 31.4 Å². The Balaban J connectivity index is 2.69. The van der Waals surface area contributed by atoms with E-state index >= 15 is 0 Å². The summed E-state index contributed by atoms with van der Waals surface area (Å²) < 4.78 is 2.68. The van der Waals surface area contributed by atoms with Gasteiger partial charge < -0.3 is 17.2 Å². The van der Waals surface area contributed by atoms with E-state index in [2.05, 4.69) is 10.2 Å². The number of hydrogen-bond acceptors (Lipinski definition) is 5. The van der Waals surface area contributed by atoms with Gasteiger partial charge in [0.05, 0.1) is 17.6 Å². The van der Waals surface area contributed by atoms with Crippen molar-refractivity contribution in [3.8, 4) is 5.82 Å². The molecule has 100 valence electrons. The van der Waals surface area contributed by atoms with Gasteiger partial charge in [-0.3, -0.25) is 9.59 Å². The Morgan fingerprint density at radius 3 is 2.32 bits per heavy atom. The fraction of sp³-hybridized carbons (Fsp3) is 0.200. The first-order valence-corrected chi connectivity index (χ1v) is 5.31. The summed E-state index contributed by atoms with van der Waals surface area (Å²) in [6.45, 7) is 1.64. The van der Waals surface area contributed by atoms with Crippen molar-refractivity contribution in [1.29, 1.82) is 0 Å². The Labute approximate surface area is 108 Å². The maximum Gasteiger partial charge on any atom is 0.271 e. The molecular formula is C10H13N7O2. The van der Waals surface area contributed by atoms with Gasteiger partial charge in [-0.15, -0.1) is 0 Å². The molecule has 6 N–H and O–H groups in total. The lowest BCUT2D eigenvalue weighted by Gasteiger charge is -2.03. The fourth-order valence-corrected chi connectivity index (χ4v) is 1.88. The van der Waals surface area contributed by atoms with E-state index in [1.807, 2.05) is 0 Å². The summed E-state index contributed by atoms with van der Waals surface area (Å²) in [5, 5.41) is 8.04. The zero-order valence-electron chi connectivity index (χ0n) is 10.4. The van der Waals surface area contributed by atoms with Crippen LogP contribution in [0.15, 0.2) is 6.20 Å². The normalized spacial score (nSPS) is 10.6. The summed E-state index contributed by atoms with van der Waals surface area (Å²) in [7, 11) is 1.62. The van der Waals surface area contributed by atoms with Gasteiger partial charge in [-0.1, -0.05) is 0 Å². The number of amides is 2. The zero-order chi connectivity index (χ0) is 14.3. The molecule has 2 rings (SSSR count). The molecule has 0 fully saturated rings. The second kappa shape index (κ2) is 4.12. The van der Waals surface area contributed by atoms with E-state index in [0.717, 1.165) is 0 Å². The molecule has 2 aromatic heterocycles. The van der Waals surface area contributed by atoms with Gasteiger partial charge in [0.15, 0.2) is 11.5 Å². The molecule has 0 radical (unpaired) electrons. The molecule has 0 spiro atoms. The highest BCUT2D eigenvalue weighted by Gasteiger charge is 2.22. The monoisotopic (exact) mass is 263 g/mol. The molecule has 9 heteroatoms. The van der Waals surface area contributed by atoms with Crippen molar-refractivity contribution in [3.63, 3.8) is 0 Å².